The van der Waals surface area contributed by atoms with Gasteiger partial charge >= 0.3 is 0 Å². The highest BCUT2D eigenvalue weighted by Gasteiger charge is 2.11. The Bertz CT molecular complexity index is 401. The predicted octanol–water partition coefficient (Wildman–Crippen LogP) is 1.19. The molecule has 1 heterocycles. The highest BCUT2D eigenvalue weighted by molar-refractivity contribution is 5.94. The van der Waals surface area contributed by atoms with Gasteiger partial charge in [-0.3, -0.25) is 9.78 Å². The molecule has 2 N–H and O–H groups in total. The number of aromatic nitrogens is 1. The monoisotopic (exact) mass is 219 g/mol. The van der Waals surface area contributed by atoms with Crippen LogP contribution in [0.2, 0.25) is 0 Å². The molecule has 0 atom stereocenters. The lowest BCUT2D eigenvalue weighted by molar-refractivity contribution is 0.0806. The Morgan fingerprint density at radius 2 is 2.31 bits per heavy atom. The third-order valence-corrected chi connectivity index (χ3v) is 2.13. The van der Waals surface area contributed by atoms with E-state index in [-0.39, 0.29) is 5.91 Å². The molecule has 0 unspecified atom stereocenters. The molecule has 0 radical (unpaired) electrons. The fraction of sp³-hybridized carbons (Fsp3) is 0.333. The number of likely N-dealkylation sites (N-methyl/N-ethyl adjacent to an activating group) is 1. The van der Waals surface area contributed by atoms with Crippen LogP contribution >= 0.6 is 0 Å². The molecular weight excluding hydrogens is 202 g/mol. The second-order valence-electron chi connectivity index (χ2n) is 3.86. The van der Waals surface area contributed by atoms with Gasteiger partial charge in [0.2, 0.25) is 0 Å². The fourth-order valence-electron chi connectivity index (χ4n) is 1.42. The Morgan fingerprint density at radius 1 is 1.62 bits per heavy atom. The first-order valence-electron chi connectivity index (χ1n) is 5.09. The Balaban J connectivity index is 2.83. The van der Waals surface area contributed by atoms with Crippen molar-refractivity contribution in [3.8, 4) is 0 Å². The van der Waals surface area contributed by atoms with Gasteiger partial charge in [0.25, 0.3) is 5.91 Å². The van der Waals surface area contributed by atoms with Crippen LogP contribution in [0.25, 0.3) is 0 Å². The van der Waals surface area contributed by atoms with E-state index in [1.54, 1.807) is 30.3 Å². The van der Waals surface area contributed by atoms with Gasteiger partial charge in [0.1, 0.15) is 0 Å². The van der Waals surface area contributed by atoms with Crippen molar-refractivity contribution in [3.63, 3.8) is 0 Å². The standard InChI is InChI=1S/C12H17N3O/c1-9(2)8-15(3)12(16)10-4-5-14-11(6-10)7-13/h4-6H,1,7-8,13H2,2-3H3. The number of carbonyl (C=O) groups excluding carboxylic acids is 1. The van der Waals surface area contributed by atoms with E-state index in [9.17, 15) is 4.79 Å². The van der Waals surface area contributed by atoms with Crippen molar-refractivity contribution in [2.75, 3.05) is 13.6 Å². The topological polar surface area (TPSA) is 59.2 Å². The van der Waals surface area contributed by atoms with E-state index in [0.29, 0.717) is 18.7 Å². The van der Waals surface area contributed by atoms with E-state index in [4.69, 9.17) is 5.73 Å². The molecule has 0 saturated heterocycles. The molecule has 0 aliphatic heterocycles. The summed E-state index contributed by atoms with van der Waals surface area (Å²) in [4.78, 5) is 17.6. The maximum absolute atomic E-state index is 12.0. The lowest BCUT2D eigenvalue weighted by Gasteiger charge is -2.17. The van der Waals surface area contributed by atoms with Gasteiger partial charge in [-0.2, -0.15) is 0 Å². The molecule has 1 rings (SSSR count). The summed E-state index contributed by atoms with van der Waals surface area (Å²) in [5.74, 6) is -0.0416. The normalized spacial score (nSPS) is 9.94. The maximum Gasteiger partial charge on any atom is 0.254 e. The SMILES string of the molecule is C=C(C)CN(C)C(=O)c1ccnc(CN)c1. The van der Waals surface area contributed by atoms with Crippen LogP contribution in [-0.4, -0.2) is 29.4 Å². The molecule has 0 aromatic carbocycles. The van der Waals surface area contributed by atoms with Crippen molar-refractivity contribution in [2.45, 2.75) is 13.5 Å². The Kier molecular flexibility index (Phi) is 4.19. The summed E-state index contributed by atoms with van der Waals surface area (Å²) < 4.78 is 0. The zero-order chi connectivity index (χ0) is 12.1. The van der Waals surface area contributed by atoms with E-state index in [2.05, 4.69) is 11.6 Å². The first-order valence-corrected chi connectivity index (χ1v) is 5.09. The van der Waals surface area contributed by atoms with Gasteiger partial charge in [-0.15, -0.1) is 0 Å². The van der Waals surface area contributed by atoms with E-state index >= 15 is 0 Å². The van der Waals surface area contributed by atoms with Gasteiger partial charge in [-0.25, -0.2) is 0 Å². The average molecular weight is 219 g/mol. The summed E-state index contributed by atoms with van der Waals surface area (Å²) in [6.07, 6.45) is 1.60. The van der Waals surface area contributed by atoms with Crippen LogP contribution in [-0.2, 0) is 6.54 Å². The summed E-state index contributed by atoms with van der Waals surface area (Å²) in [7, 11) is 1.75. The molecule has 0 aliphatic rings. The van der Waals surface area contributed by atoms with Crippen molar-refractivity contribution in [1.29, 1.82) is 0 Å². The van der Waals surface area contributed by atoms with Crippen LogP contribution in [0.15, 0.2) is 30.5 Å². The van der Waals surface area contributed by atoms with Crippen LogP contribution < -0.4 is 5.73 Å². The molecule has 16 heavy (non-hydrogen) atoms. The minimum atomic E-state index is -0.0416. The number of amides is 1. The van der Waals surface area contributed by atoms with Crippen molar-refractivity contribution in [1.82, 2.24) is 9.88 Å². The quantitative estimate of drug-likeness (QED) is 0.774. The predicted molar refractivity (Wildman–Crippen MR) is 63.9 cm³/mol. The van der Waals surface area contributed by atoms with Crippen molar-refractivity contribution in [2.24, 2.45) is 5.73 Å². The van der Waals surface area contributed by atoms with Gasteiger partial charge in [0.05, 0.1) is 5.69 Å². The number of nitrogens with zero attached hydrogens (tertiary/aromatic N) is 2. The molecule has 0 aliphatic carbocycles. The zero-order valence-corrected chi connectivity index (χ0v) is 9.73. The minimum absolute atomic E-state index is 0.0416. The smallest absolute Gasteiger partial charge is 0.254 e. The molecule has 1 aromatic heterocycles. The summed E-state index contributed by atoms with van der Waals surface area (Å²) in [5, 5.41) is 0. The zero-order valence-electron chi connectivity index (χ0n) is 9.73. The summed E-state index contributed by atoms with van der Waals surface area (Å²) >= 11 is 0. The van der Waals surface area contributed by atoms with Crippen LogP contribution in [0.5, 0.6) is 0 Å². The van der Waals surface area contributed by atoms with Crippen LogP contribution in [0.1, 0.15) is 23.0 Å². The second-order valence-corrected chi connectivity index (χ2v) is 3.86. The van der Waals surface area contributed by atoms with Gasteiger partial charge in [0.15, 0.2) is 0 Å². The first kappa shape index (κ1) is 12.4. The average Bonchev–Trinajstić information content (AvgIpc) is 2.27. The number of carbonyl (C=O) groups is 1. The molecule has 0 saturated carbocycles. The van der Waals surface area contributed by atoms with Crippen LogP contribution in [0.3, 0.4) is 0 Å². The lowest BCUT2D eigenvalue weighted by Crippen LogP contribution is -2.28. The van der Waals surface area contributed by atoms with Crippen molar-refractivity contribution in [3.05, 3.63) is 41.7 Å². The lowest BCUT2D eigenvalue weighted by atomic mass is 10.2. The van der Waals surface area contributed by atoms with E-state index in [0.717, 1.165) is 11.3 Å². The van der Waals surface area contributed by atoms with E-state index < -0.39 is 0 Å². The highest BCUT2D eigenvalue weighted by atomic mass is 16.2. The Labute approximate surface area is 95.8 Å². The summed E-state index contributed by atoms with van der Waals surface area (Å²) in [6, 6.07) is 3.41. The van der Waals surface area contributed by atoms with Gasteiger partial charge in [-0.05, 0) is 19.1 Å². The molecule has 0 bridgehead atoms. The molecule has 0 fully saturated rings. The molecule has 4 heteroatoms. The second kappa shape index (κ2) is 5.42. The largest absolute Gasteiger partial charge is 0.338 e. The number of hydrogen-bond donors (Lipinski definition) is 1. The molecular formula is C12H17N3O. The molecule has 4 nitrogen and oxygen atoms in total. The molecule has 86 valence electrons. The van der Waals surface area contributed by atoms with Crippen LogP contribution in [0, 0.1) is 0 Å². The summed E-state index contributed by atoms with van der Waals surface area (Å²) in [6.45, 7) is 6.56. The molecule has 1 amide bonds. The van der Waals surface area contributed by atoms with E-state index in [1.165, 1.54) is 0 Å². The van der Waals surface area contributed by atoms with Crippen molar-refractivity contribution >= 4 is 5.91 Å². The Hall–Kier alpha value is -1.68. The van der Waals surface area contributed by atoms with Crippen molar-refractivity contribution < 1.29 is 4.79 Å². The van der Waals surface area contributed by atoms with E-state index in [1.807, 2.05) is 6.92 Å². The van der Waals surface area contributed by atoms with Gasteiger partial charge in [-0.1, -0.05) is 12.2 Å². The molecule has 1 aromatic rings. The number of nitrogens with two attached hydrogens (primary N) is 1. The van der Waals surface area contributed by atoms with Gasteiger partial charge < -0.3 is 10.6 Å². The third kappa shape index (κ3) is 3.17. The third-order valence-electron chi connectivity index (χ3n) is 2.13. The summed E-state index contributed by atoms with van der Waals surface area (Å²) in [5.41, 5.74) is 7.75. The first-order chi connectivity index (χ1) is 7.54. The minimum Gasteiger partial charge on any atom is -0.338 e. The maximum atomic E-state index is 12.0. The number of hydrogen-bond acceptors (Lipinski definition) is 3. The molecule has 0 spiro atoms. The van der Waals surface area contributed by atoms with Crippen LogP contribution in [0.4, 0.5) is 0 Å². The fourth-order valence-corrected chi connectivity index (χ4v) is 1.42. The van der Waals surface area contributed by atoms with Gasteiger partial charge in [0, 0.05) is 31.9 Å². The number of pyridine rings is 1. The Morgan fingerprint density at radius 3 is 2.88 bits per heavy atom. The highest BCUT2D eigenvalue weighted by Crippen LogP contribution is 2.06. The number of rotatable bonds is 4.